The van der Waals surface area contributed by atoms with E-state index in [0.717, 1.165) is 11.1 Å². The van der Waals surface area contributed by atoms with Crippen molar-refractivity contribution in [3.8, 4) is 0 Å². The molecule has 0 saturated carbocycles. The first-order valence-corrected chi connectivity index (χ1v) is 17.7. The van der Waals surface area contributed by atoms with Crippen LogP contribution in [0.25, 0.3) is 0 Å². The fourth-order valence-corrected chi connectivity index (χ4v) is 6.06. The molecule has 0 bridgehead atoms. The van der Waals surface area contributed by atoms with Crippen molar-refractivity contribution < 1.29 is 24.0 Å². The van der Waals surface area contributed by atoms with Gasteiger partial charge in [0.25, 0.3) is 0 Å². The number of hydrogen-bond donors (Lipinski definition) is 7. The lowest BCUT2D eigenvalue weighted by atomic mass is 9.99. The summed E-state index contributed by atoms with van der Waals surface area (Å²) in [5, 5.41) is 11.6. The first-order chi connectivity index (χ1) is 23.9. The first kappa shape index (κ1) is 40.1. The number of amides is 5. The molecule has 1 heterocycles. The number of piperidine rings is 1. The summed E-state index contributed by atoms with van der Waals surface area (Å²) >= 11 is 0. The Morgan fingerprint density at radius 1 is 0.760 bits per heavy atom. The Bertz CT molecular complexity index is 1370. The maximum atomic E-state index is 13.8. The van der Waals surface area contributed by atoms with Crippen LogP contribution in [0.4, 0.5) is 0 Å². The number of nitrogens with two attached hydrogens (primary N) is 3. The number of likely N-dealkylation sites (tertiary alicyclic amines) is 1. The van der Waals surface area contributed by atoms with Crippen molar-refractivity contribution in [1.29, 1.82) is 0 Å². The Labute approximate surface area is 295 Å². The zero-order chi connectivity index (χ0) is 36.5. The van der Waals surface area contributed by atoms with Crippen molar-refractivity contribution in [3.63, 3.8) is 0 Å². The minimum atomic E-state index is -0.957. The van der Waals surface area contributed by atoms with Crippen LogP contribution in [-0.4, -0.2) is 90.8 Å². The van der Waals surface area contributed by atoms with Crippen molar-refractivity contribution in [2.75, 3.05) is 26.2 Å². The topological polar surface area (TPSA) is 215 Å². The lowest BCUT2D eigenvalue weighted by Gasteiger charge is -2.32. The van der Waals surface area contributed by atoms with Gasteiger partial charge in [-0.15, -0.1) is 0 Å². The molecular formula is C37H56N8O5. The van der Waals surface area contributed by atoms with Gasteiger partial charge in [-0.3, -0.25) is 28.9 Å². The number of primary amides is 1. The third-order valence-electron chi connectivity index (χ3n) is 8.82. The molecule has 1 aliphatic heterocycles. The highest BCUT2D eigenvalue weighted by Gasteiger charge is 2.32. The van der Waals surface area contributed by atoms with Gasteiger partial charge in [-0.25, -0.2) is 0 Å². The predicted molar refractivity (Wildman–Crippen MR) is 193 cm³/mol. The van der Waals surface area contributed by atoms with E-state index in [1.54, 1.807) is 0 Å². The van der Waals surface area contributed by atoms with Crippen LogP contribution in [0.15, 0.2) is 60.7 Å². The van der Waals surface area contributed by atoms with E-state index < -0.39 is 47.8 Å². The molecule has 3 rings (SSSR count). The molecular weight excluding hydrogens is 636 g/mol. The Morgan fingerprint density at radius 2 is 1.30 bits per heavy atom. The zero-order valence-corrected chi connectivity index (χ0v) is 29.4. The SMILES string of the molecule is CC(C)C[C@@H](NC(=O)[C@@H](CCc1ccccc1)NC(=O)[C@H](N)Cc1ccccc1)C(=O)N[C@H](CCCN)C(=O)NC1CCN(CC(N)=O)CC1. The lowest BCUT2D eigenvalue weighted by Crippen LogP contribution is -2.59. The van der Waals surface area contributed by atoms with Gasteiger partial charge in [0.1, 0.15) is 18.1 Å². The number of nitrogens with zero attached hydrogens (tertiary/aromatic N) is 1. The minimum Gasteiger partial charge on any atom is -0.369 e. The third-order valence-corrected chi connectivity index (χ3v) is 8.82. The number of nitrogens with one attached hydrogen (secondary N) is 4. The average molecular weight is 693 g/mol. The number of hydrogen-bond acceptors (Lipinski definition) is 8. The van der Waals surface area contributed by atoms with Crippen molar-refractivity contribution in [3.05, 3.63) is 71.8 Å². The molecule has 4 atom stereocenters. The average Bonchev–Trinajstić information content (AvgIpc) is 3.09. The van der Waals surface area contributed by atoms with Crippen LogP contribution in [0.3, 0.4) is 0 Å². The maximum Gasteiger partial charge on any atom is 0.243 e. The maximum absolute atomic E-state index is 13.8. The number of rotatable bonds is 20. The quantitative estimate of drug-likeness (QED) is 0.103. The van der Waals surface area contributed by atoms with Gasteiger partial charge in [-0.1, -0.05) is 74.5 Å². The van der Waals surface area contributed by atoms with Gasteiger partial charge in [0, 0.05) is 19.1 Å². The second-order valence-electron chi connectivity index (χ2n) is 13.6. The number of carbonyl (C=O) groups is 5. The number of carbonyl (C=O) groups excluding carboxylic acids is 5. The highest BCUT2D eigenvalue weighted by atomic mass is 16.2. The molecule has 5 amide bonds. The van der Waals surface area contributed by atoms with E-state index in [4.69, 9.17) is 17.2 Å². The normalized spacial score (nSPS) is 16.1. The second-order valence-corrected chi connectivity index (χ2v) is 13.6. The van der Waals surface area contributed by atoms with E-state index in [-0.39, 0.29) is 30.8 Å². The second kappa shape index (κ2) is 21.0. The van der Waals surface area contributed by atoms with E-state index in [2.05, 4.69) is 21.3 Å². The molecule has 274 valence electrons. The van der Waals surface area contributed by atoms with Crippen LogP contribution < -0.4 is 38.5 Å². The largest absolute Gasteiger partial charge is 0.369 e. The van der Waals surface area contributed by atoms with Crippen molar-refractivity contribution in [2.24, 2.45) is 23.1 Å². The molecule has 0 unspecified atom stereocenters. The Kier molecular flexibility index (Phi) is 16.9. The van der Waals surface area contributed by atoms with Gasteiger partial charge in [-0.05, 0) is 75.0 Å². The summed E-state index contributed by atoms with van der Waals surface area (Å²) in [6.45, 7) is 5.63. The van der Waals surface area contributed by atoms with E-state index in [1.807, 2.05) is 79.4 Å². The first-order valence-electron chi connectivity index (χ1n) is 17.7. The van der Waals surface area contributed by atoms with Crippen molar-refractivity contribution in [1.82, 2.24) is 26.2 Å². The summed E-state index contributed by atoms with van der Waals surface area (Å²) < 4.78 is 0. The number of aryl methyl sites for hydroxylation is 1. The van der Waals surface area contributed by atoms with Crippen LogP contribution in [0.5, 0.6) is 0 Å². The van der Waals surface area contributed by atoms with Crippen LogP contribution >= 0.6 is 0 Å². The van der Waals surface area contributed by atoms with Crippen LogP contribution in [0.2, 0.25) is 0 Å². The van der Waals surface area contributed by atoms with E-state index in [1.165, 1.54) is 0 Å². The lowest BCUT2D eigenvalue weighted by molar-refractivity contribution is -0.134. The standard InChI is InChI=1S/C37H56N8O5/c1-25(2)22-32(37(50)43-30(14-9-19-38)35(48)41-28-17-20-45(21-18-28)24-33(40)46)44-36(49)31(16-15-26-10-5-3-6-11-26)42-34(47)29(39)23-27-12-7-4-8-13-27/h3-8,10-13,25,28-32H,9,14-24,38-39H2,1-2H3,(H2,40,46)(H,41,48)(H,42,47)(H,43,50)(H,44,49)/t29-,30-,31-,32-/m1/s1. The van der Waals surface area contributed by atoms with Gasteiger partial charge in [0.2, 0.25) is 29.5 Å². The van der Waals surface area contributed by atoms with E-state index in [9.17, 15) is 24.0 Å². The molecule has 13 heteroatoms. The third kappa shape index (κ3) is 14.3. The molecule has 13 nitrogen and oxygen atoms in total. The van der Waals surface area contributed by atoms with Crippen molar-refractivity contribution in [2.45, 2.75) is 95.4 Å². The van der Waals surface area contributed by atoms with Gasteiger partial charge >= 0.3 is 0 Å². The molecule has 0 spiro atoms. The summed E-state index contributed by atoms with van der Waals surface area (Å²) in [6, 6.07) is 15.3. The fraction of sp³-hybridized carbons (Fsp3) is 0.541. The molecule has 0 aliphatic carbocycles. The van der Waals surface area contributed by atoms with Gasteiger partial charge in [0.05, 0.1) is 12.6 Å². The molecule has 1 fully saturated rings. The Morgan fingerprint density at radius 3 is 1.88 bits per heavy atom. The monoisotopic (exact) mass is 692 g/mol. The summed E-state index contributed by atoms with van der Waals surface area (Å²) in [5.41, 5.74) is 19.2. The molecule has 0 radical (unpaired) electrons. The van der Waals surface area contributed by atoms with E-state index in [0.29, 0.717) is 64.6 Å². The summed E-state index contributed by atoms with van der Waals surface area (Å²) in [5.74, 6) is -2.15. The Balaban J connectivity index is 1.70. The Hall–Kier alpha value is -4.33. The van der Waals surface area contributed by atoms with Crippen LogP contribution in [0.1, 0.15) is 63.5 Å². The van der Waals surface area contributed by atoms with Gasteiger partial charge in [-0.2, -0.15) is 0 Å². The highest BCUT2D eigenvalue weighted by Crippen LogP contribution is 2.13. The highest BCUT2D eigenvalue weighted by molar-refractivity contribution is 5.95. The zero-order valence-electron chi connectivity index (χ0n) is 29.4. The summed E-state index contributed by atoms with van der Waals surface area (Å²) in [6.07, 6.45) is 3.54. The molecule has 2 aromatic carbocycles. The fourth-order valence-electron chi connectivity index (χ4n) is 6.06. The smallest absolute Gasteiger partial charge is 0.243 e. The summed E-state index contributed by atoms with van der Waals surface area (Å²) in [4.78, 5) is 67.5. The van der Waals surface area contributed by atoms with Gasteiger partial charge in [0.15, 0.2) is 0 Å². The molecule has 1 aliphatic rings. The molecule has 50 heavy (non-hydrogen) atoms. The van der Waals surface area contributed by atoms with Gasteiger partial charge < -0.3 is 38.5 Å². The van der Waals surface area contributed by atoms with Crippen molar-refractivity contribution >= 4 is 29.5 Å². The van der Waals surface area contributed by atoms with Crippen LogP contribution in [0, 0.1) is 5.92 Å². The molecule has 1 saturated heterocycles. The predicted octanol–water partition coefficient (Wildman–Crippen LogP) is 0.495. The molecule has 2 aromatic rings. The molecule has 0 aromatic heterocycles. The number of benzene rings is 2. The van der Waals surface area contributed by atoms with E-state index >= 15 is 0 Å². The van der Waals surface area contributed by atoms with Crippen LogP contribution in [-0.2, 0) is 36.8 Å². The minimum absolute atomic E-state index is 0.0320. The summed E-state index contributed by atoms with van der Waals surface area (Å²) in [7, 11) is 0. The molecule has 10 N–H and O–H groups in total.